The smallest absolute Gasteiger partial charge is 0.132 e. The zero-order valence-corrected chi connectivity index (χ0v) is 10.6. The quantitative estimate of drug-likeness (QED) is 0.864. The van der Waals surface area contributed by atoms with E-state index in [9.17, 15) is 13.9 Å². The average Bonchev–Trinajstić information content (AvgIpc) is 2.32. The second-order valence-corrected chi connectivity index (χ2v) is 4.71. The fourth-order valence-electron chi connectivity index (χ4n) is 1.72. The molecule has 0 amide bonds. The Labute approximate surface area is 113 Å². The number of hydrogen-bond acceptors (Lipinski definition) is 1. The molecule has 0 aliphatic heterocycles. The van der Waals surface area contributed by atoms with Gasteiger partial charge in [-0.05, 0) is 36.6 Å². The van der Waals surface area contributed by atoms with E-state index in [0.29, 0.717) is 17.0 Å². The molecular formula is C13H9Cl2F2O. The Hall–Kier alpha value is -0.900. The van der Waals surface area contributed by atoms with Gasteiger partial charge in [-0.1, -0.05) is 29.3 Å². The maximum Gasteiger partial charge on any atom is 0.132 e. The third-order valence-electron chi connectivity index (χ3n) is 2.66. The van der Waals surface area contributed by atoms with E-state index >= 15 is 0 Å². The van der Waals surface area contributed by atoms with E-state index in [0.717, 1.165) is 12.1 Å². The van der Waals surface area contributed by atoms with Crippen LogP contribution in [0, 0.1) is 18.1 Å². The Morgan fingerprint density at radius 2 is 1.78 bits per heavy atom. The van der Waals surface area contributed by atoms with Crippen molar-refractivity contribution in [2.45, 2.75) is 12.5 Å². The van der Waals surface area contributed by atoms with E-state index in [2.05, 4.69) is 0 Å². The zero-order valence-electron chi connectivity index (χ0n) is 9.13. The molecule has 1 N–H and O–H groups in total. The van der Waals surface area contributed by atoms with Gasteiger partial charge in [0, 0.05) is 5.03 Å². The normalized spacial score (nSPS) is 17.7. The van der Waals surface area contributed by atoms with Crippen molar-refractivity contribution >= 4 is 23.2 Å². The van der Waals surface area contributed by atoms with Crippen LogP contribution >= 0.6 is 23.2 Å². The first-order chi connectivity index (χ1) is 8.50. The van der Waals surface area contributed by atoms with Gasteiger partial charge >= 0.3 is 0 Å². The predicted molar refractivity (Wildman–Crippen MR) is 67.0 cm³/mol. The van der Waals surface area contributed by atoms with Gasteiger partial charge in [0.2, 0.25) is 0 Å². The third kappa shape index (κ3) is 2.58. The molecule has 5 heteroatoms. The average molecular weight is 290 g/mol. The Balaban J connectivity index is 2.39. The van der Waals surface area contributed by atoms with Gasteiger partial charge in [-0.15, -0.1) is 0 Å². The van der Waals surface area contributed by atoms with Crippen molar-refractivity contribution < 1.29 is 13.9 Å². The number of halogens is 4. The van der Waals surface area contributed by atoms with E-state index in [1.807, 2.05) is 0 Å². The molecule has 0 saturated carbocycles. The van der Waals surface area contributed by atoms with E-state index < -0.39 is 17.7 Å². The molecule has 0 fully saturated rings. The standard InChI is InChI=1S/C13H9Cl2F2O/c14-8-5-4-7(6-9(8)15)13(18)12-10(16)2-1-3-11(12)17/h1-4,6,13,18H,5H2. The highest BCUT2D eigenvalue weighted by Crippen LogP contribution is 2.36. The van der Waals surface area contributed by atoms with Gasteiger partial charge in [0.05, 0.1) is 10.6 Å². The molecule has 1 nitrogen and oxygen atoms in total. The van der Waals surface area contributed by atoms with Crippen LogP contribution < -0.4 is 0 Å². The Kier molecular flexibility index (Phi) is 4.05. The van der Waals surface area contributed by atoms with Gasteiger partial charge in [0.15, 0.2) is 0 Å². The first-order valence-corrected chi connectivity index (χ1v) is 5.97. The van der Waals surface area contributed by atoms with Crippen molar-refractivity contribution in [2.75, 3.05) is 0 Å². The van der Waals surface area contributed by atoms with Crippen LogP contribution in [0.3, 0.4) is 0 Å². The molecule has 1 aromatic carbocycles. The molecule has 1 radical (unpaired) electrons. The molecule has 1 aliphatic carbocycles. The van der Waals surface area contributed by atoms with E-state index in [1.165, 1.54) is 12.1 Å². The highest BCUT2D eigenvalue weighted by molar-refractivity contribution is 6.40. The Morgan fingerprint density at radius 1 is 1.17 bits per heavy atom. The van der Waals surface area contributed by atoms with E-state index in [1.54, 1.807) is 6.42 Å². The lowest BCUT2D eigenvalue weighted by molar-refractivity contribution is 0.205. The molecule has 1 aromatic rings. The second kappa shape index (κ2) is 5.39. The van der Waals surface area contributed by atoms with Crippen molar-refractivity contribution in [3.05, 3.63) is 63.5 Å². The van der Waals surface area contributed by atoms with Gasteiger partial charge in [-0.2, -0.15) is 0 Å². The van der Waals surface area contributed by atoms with Crippen LogP contribution in [0.25, 0.3) is 0 Å². The van der Waals surface area contributed by atoms with Crippen LogP contribution in [0.4, 0.5) is 8.78 Å². The first kappa shape index (κ1) is 13.5. The summed E-state index contributed by atoms with van der Waals surface area (Å²) in [5.74, 6) is -1.60. The summed E-state index contributed by atoms with van der Waals surface area (Å²) >= 11 is 11.6. The molecular weight excluding hydrogens is 281 g/mol. The SMILES string of the molecule is OC(C1=CC(Cl)=C(Cl)C[CH]1)c1c(F)cccc1F. The Morgan fingerprint density at radius 3 is 2.33 bits per heavy atom. The highest BCUT2D eigenvalue weighted by atomic mass is 35.5. The summed E-state index contributed by atoms with van der Waals surface area (Å²) in [4.78, 5) is 0. The van der Waals surface area contributed by atoms with Crippen molar-refractivity contribution in [1.29, 1.82) is 0 Å². The molecule has 95 valence electrons. The minimum absolute atomic E-state index is 0.268. The maximum atomic E-state index is 13.5. The lowest BCUT2D eigenvalue weighted by Gasteiger charge is -2.19. The lowest BCUT2D eigenvalue weighted by atomic mass is 9.94. The summed E-state index contributed by atoms with van der Waals surface area (Å²) in [6.07, 6.45) is 1.93. The number of hydrogen-bond donors (Lipinski definition) is 1. The maximum absolute atomic E-state index is 13.5. The molecule has 0 spiro atoms. The fraction of sp³-hybridized carbons (Fsp3) is 0.154. The molecule has 0 bridgehead atoms. The molecule has 1 atom stereocenters. The molecule has 0 heterocycles. The molecule has 18 heavy (non-hydrogen) atoms. The summed E-state index contributed by atoms with van der Waals surface area (Å²) in [5.41, 5.74) is -0.0594. The summed E-state index contributed by atoms with van der Waals surface area (Å²) in [6.45, 7) is 0. The number of benzene rings is 1. The van der Waals surface area contributed by atoms with Crippen molar-refractivity contribution in [3.8, 4) is 0 Å². The van der Waals surface area contributed by atoms with Crippen molar-refractivity contribution in [1.82, 2.24) is 0 Å². The van der Waals surface area contributed by atoms with Gasteiger partial charge in [-0.3, -0.25) is 0 Å². The molecule has 2 rings (SSSR count). The first-order valence-electron chi connectivity index (χ1n) is 5.21. The van der Waals surface area contributed by atoms with Crippen LogP contribution in [0.2, 0.25) is 0 Å². The third-order valence-corrected chi connectivity index (χ3v) is 3.45. The minimum Gasteiger partial charge on any atom is -0.384 e. The molecule has 1 aliphatic rings. The number of rotatable bonds is 2. The molecule has 0 saturated heterocycles. The molecule has 0 aromatic heterocycles. The van der Waals surface area contributed by atoms with Crippen molar-refractivity contribution in [2.24, 2.45) is 0 Å². The Bertz CT molecular complexity index is 518. The van der Waals surface area contributed by atoms with Crippen LogP contribution in [-0.4, -0.2) is 5.11 Å². The summed E-state index contributed by atoms with van der Waals surface area (Å²) in [7, 11) is 0. The zero-order chi connectivity index (χ0) is 13.3. The summed E-state index contributed by atoms with van der Waals surface area (Å²) in [5, 5.41) is 10.7. The van der Waals surface area contributed by atoms with Crippen LogP contribution in [0.5, 0.6) is 0 Å². The lowest BCUT2D eigenvalue weighted by Crippen LogP contribution is -2.09. The topological polar surface area (TPSA) is 20.2 Å². The fourth-order valence-corrected chi connectivity index (χ4v) is 2.05. The van der Waals surface area contributed by atoms with Crippen LogP contribution in [0.1, 0.15) is 18.1 Å². The largest absolute Gasteiger partial charge is 0.384 e. The number of aliphatic hydroxyl groups excluding tert-OH is 1. The van der Waals surface area contributed by atoms with Crippen LogP contribution in [0.15, 0.2) is 39.9 Å². The van der Waals surface area contributed by atoms with Crippen LogP contribution in [-0.2, 0) is 0 Å². The number of aliphatic hydroxyl groups is 1. The van der Waals surface area contributed by atoms with Gasteiger partial charge < -0.3 is 5.11 Å². The van der Waals surface area contributed by atoms with E-state index in [-0.39, 0.29) is 10.6 Å². The summed E-state index contributed by atoms with van der Waals surface area (Å²) < 4.78 is 27.0. The van der Waals surface area contributed by atoms with Gasteiger partial charge in [0.25, 0.3) is 0 Å². The summed E-state index contributed by atoms with van der Waals surface area (Å²) in [6, 6.07) is 3.43. The van der Waals surface area contributed by atoms with Gasteiger partial charge in [-0.25, -0.2) is 8.78 Å². The molecule has 1 unspecified atom stereocenters. The second-order valence-electron chi connectivity index (χ2n) is 3.84. The van der Waals surface area contributed by atoms with Gasteiger partial charge in [0.1, 0.15) is 17.7 Å². The van der Waals surface area contributed by atoms with E-state index in [4.69, 9.17) is 23.2 Å². The van der Waals surface area contributed by atoms with Crippen molar-refractivity contribution in [3.63, 3.8) is 0 Å². The highest BCUT2D eigenvalue weighted by Gasteiger charge is 2.24. The minimum atomic E-state index is -1.40. The number of allylic oxidation sites excluding steroid dienone is 3. The predicted octanol–water partition coefficient (Wildman–Crippen LogP) is 4.22. The monoisotopic (exact) mass is 289 g/mol.